The normalized spacial score (nSPS) is 14.7. The quantitative estimate of drug-likeness (QED) is 0.279. The summed E-state index contributed by atoms with van der Waals surface area (Å²) in [7, 11) is 0. The molecule has 6 nitrogen and oxygen atoms in total. The van der Waals surface area contributed by atoms with Gasteiger partial charge in [0.25, 0.3) is 0 Å². The molecule has 35 heavy (non-hydrogen) atoms. The molecule has 0 radical (unpaired) electrons. The monoisotopic (exact) mass is 485 g/mol. The van der Waals surface area contributed by atoms with Crippen molar-refractivity contribution >= 4 is 39.5 Å². The minimum Gasteiger partial charge on any atom is -0.436 e. The highest BCUT2D eigenvalue weighted by atomic mass is 35.5. The molecule has 3 heterocycles. The number of carbonyl (C=O) groups is 1. The smallest absolute Gasteiger partial charge is 0.227 e. The summed E-state index contributed by atoms with van der Waals surface area (Å²) >= 11 is 6.12. The van der Waals surface area contributed by atoms with Gasteiger partial charge < -0.3 is 13.7 Å². The van der Waals surface area contributed by atoms with Gasteiger partial charge in [-0.05, 0) is 67.8 Å². The molecule has 0 unspecified atom stereocenters. The number of oxazole rings is 1. The predicted octanol–water partition coefficient (Wildman–Crippen LogP) is 6.65. The molecule has 0 aliphatic carbocycles. The van der Waals surface area contributed by atoms with Gasteiger partial charge in [0.15, 0.2) is 5.58 Å². The number of carbonyl (C=O) groups excluding carboxylic acids is 1. The van der Waals surface area contributed by atoms with Gasteiger partial charge in [0, 0.05) is 41.8 Å². The average molecular weight is 486 g/mol. The minimum absolute atomic E-state index is 0.143. The van der Waals surface area contributed by atoms with Crippen molar-refractivity contribution < 1.29 is 13.9 Å². The Balaban J connectivity index is 1.49. The van der Waals surface area contributed by atoms with Crippen molar-refractivity contribution in [1.82, 2.24) is 14.5 Å². The summed E-state index contributed by atoms with van der Waals surface area (Å²) < 4.78 is 14.0. The van der Waals surface area contributed by atoms with E-state index in [1.807, 2.05) is 30.3 Å². The molecule has 0 saturated carbocycles. The van der Waals surface area contributed by atoms with Crippen LogP contribution in [0, 0.1) is 0 Å². The van der Waals surface area contributed by atoms with Crippen LogP contribution in [0.1, 0.15) is 31.4 Å². The number of hydrogen-bond acceptors (Lipinski definition) is 5. The van der Waals surface area contributed by atoms with Gasteiger partial charge in [-0.2, -0.15) is 0 Å². The fourth-order valence-corrected chi connectivity index (χ4v) is 5.05. The van der Waals surface area contributed by atoms with E-state index in [0.29, 0.717) is 22.9 Å². The van der Waals surface area contributed by atoms with Crippen LogP contribution in [0.5, 0.6) is 0 Å². The lowest BCUT2D eigenvalue weighted by Gasteiger charge is -2.26. The van der Waals surface area contributed by atoms with Gasteiger partial charge in [-0.25, -0.2) is 9.97 Å². The number of ketones is 1. The standard InChI is InChI=1S/C28H24ClN3O3/c1-17(33)13-18-3-2-4-19(14-18)27-30-23-15-20(28-31-24-16-21(29)6-8-26(24)35-28)5-7-25(23)32(27)22-9-11-34-12-10-22/h2-8,14-16,22H,9-13H2,1H3. The Morgan fingerprint density at radius 3 is 2.69 bits per heavy atom. The maximum Gasteiger partial charge on any atom is 0.227 e. The van der Waals surface area contributed by atoms with Gasteiger partial charge >= 0.3 is 0 Å². The minimum atomic E-state index is 0.143. The van der Waals surface area contributed by atoms with E-state index in [1.54, 1.807) is 19.1 Å². The number of imidazole rings is 1. The Labute approximate surface area is 207 Å². The summed E-state index contributed by atoms with van der Waals surface area (Å²) in [5.74, 6) is 1.58. The maximum absolute atomic E-state index is 11.7. The van der Waals surface area contributed by atoms with Gasteiger partial charge in [0.2, 0.25) is 5.89 Å². The fraction of sp³-hybridized carbons (Fsp3) is 0.250. The van der Waals surface area contributed by atoms with E-state index >= 15 is 0 Å². The van der Waals surface area contributed by atoms with Crippen LogP contribution in [0.3, 0.4) is 0 Å². The Hall–Kier alpha value is -3.48. The van der Waals surface area contributed by atoms with E-state index in [4.69, 9.17) is 25.7 Å². The SMILES string of the molecule is CC(=O)Cc1cccc(-c2nc3cc(-c4nc5cc(Cl)ccc5o4)ccc3n2C2CCOCC2)c1. The Kier molecular flexibility index (Phi) is 5.63. The number of hydrogen-bond donors (Lipinski definition) is 0. The number of ether oxygens (including phenoxy) is 1. The van der Waals surface area contributed by atoms with Gasteiger partial charge in [0.1, 0.15) is 17.1 Å². The van der Waals surface area contributed by atoms with E-state index in [9.17, 15) is 4.79 Å². The second-order valence-electron chi connectivity index (χ2n) is 9.06. The van der Waals surface area contributed by atoms with Crippen molar-refractivity contribution in [3.63, 3.8) is 0 Å². The lowest BCUT2D eigenvalue weighted by molar-refractivity contribution is -0.116. The Morgan fingerprint density at radius 2 is 1.86 bits per heavy atom. The van der Waals surface area contributed by atoms with E-state index < -0.39 is 0 Å². The van der Waals surface area contributed by atoms with Crippen molar-refractivity contribution in [3.05, 3.63) is 71.2 Å². The summed E-state index contributed by atoms with van der Waals surface area (Å²) in [5.41, 5.74) is 6.21. The molecule has 3 aromatic carbocycles. The molecule has 0 spiro atoms. The first-order valence-corrected chi connectivity index (χ1v) is 12.2. The number of fused-ring (bicyclic) bond motifs is 2. The predicted molar refractivity (Wildman–Crippen MR) is 137 cm³/mol. The molecule has 1 fully saturated rings. The lowest BCUT2D eigenvalue weighted by Crippen LogP contribution is -2.20. The molecule has 1 aliphatic rings. The highest BCUT2D eigenvalue weighted by Gasteiger charge is 2.23. The van der Waals surface area contributed by atoms with Crippen LogP contribution in [0.15, 0.2) is 65.1 Å². The van der Waals surface area contributed by atoms with E-state index in [0.717, 1.165) is 65.1 Å². The van der Waals surface area contributed by atoms with Crippen LogP contribution in [0.4, 0.5) is 0 Å². The van der Waals surface area contributed by atoms with E-state index in [-0.39, 0.29) is 11.8 Å². The first-order valence-electron chi connectivity index (χ1n) is 11.8. The third kappa shape index (κ3) is 4.24. The van der Waals surface area contributed by atoms with Gasteiger partial charge in [-0.1, -0.05) is 29.8 Å². The molecule has 2 aromatic heterocycles. The fourth-order valence-electron chi connectivity index (χ4n) is 4.88. The van der Waals surface area contributed by atoms with Crippen LogP contribution in [0.25, 0.3) is 45.0 Å². The molecule has 5 aromatic rings. The zero-order chi connectivity index (χ0) is 23.9. The molecule has 176 valence electrons. The molecular weight excluding hydrogens is 462 g/mol. The molecule has 0 atom stereocenters. The van der Waals surface area contributed by atoms with Gasteiger partial charge in [-0.15, -0.1) is 0 Å². The molecule has 0 bridgehead atoms. The van der Waals surface area contributed by atoms with Gasteiger partial charge in [-0.3, -0.25) is 4.79 Å². The second-order valence-corrected chi connectivity index (χ2v) is 9.50. The highest BCUT2D eigenvalue weighted by molar-refractivity contribution is 6.31. The Bertz CT molecular complexity index is 1560. The Morgan fingerprint density at radius 1 is 1.00 bits per heavy atom. The van der Waals surface area contributed by atoms with Crippen molar-refractivity contribution in [2.75, 3.05) is 13.2 Å². The molecule has 6 rings (SSSR count). The largest absolute Gasteiger partial charge is 0.436 e. The molecule has 0 amide bonds. The zero-order valence-corrected chi connectivity index (χ0v) is 20.1. The van der Waals surface area contributed by atoms with Crippen LogP contribution in [-0.4, -0.2) is 33.5 Å². The summed E-state index contributed by atoms with van der Waals surface area (Å²) in [6, 6.07) is 20.0. The first kappa shape index (κ1) is 22.0. The summed E-state index contributed by atoms with van der Waals surface area (Å²) in [5, 5.41) is 0.625. The van der Waals surface area contributed by atoms with E-state index in [2.05, 4.69) is 27.8 Å². The van der Waals surface area contributed by atoms with Crippen molar-refractivity contribution in [1.29, 1.82) is 0 Å². The van der Waals surface area contributed by atoms with Crippen LogP contribution in [0.2, 0.25) is 5.02 Å². The number of aromatic nitrogens is 3. The molecule has 1 aliphatic heterocycles. The summed E-state index contributed by atoms with van der Waals surface area (Å²) in [4.78, 5) is 21.4. The lowest BCUT2D eigenvalue weighted by atomic mass is 10.0. The highest BCUT2D eigenvalue weighted by Crippen LogP contribution is 2.35. The number of nitrogens with zero attached hydrogens (tertiary/aromatic N) is 3. The van der Waals surface area contributed by atoms with Crippen molar-refractivity contribution in [2.45, 2.75) is 32.2 Å². The number of rotatable bonds is 5. The van der Waals surface area contributed by atoms with Crippen LogP contribution >= 0.6 is 11.6 Å². The van der Waals surface area contributed by atoms with Crippen molar-refractivity contribution in [3.8, 4) is 22.8 Å². The van der Waals surface area contributed by atoms with E-state index in [1.165, 1.54) is 0 Å². The number of halogens is 1. The molecule has 0 N–H and O–H groups in total. The summed E-state index contributed by atoms with van der Waals surface area (Å²) in [6.45, 7) is 3.08. The van der Waals surface area contributed by atoms with Crippen LogP contribution in [-0.2, 0) is 16.0 Å². The maximum atomic E-state index is 11.7. The molecule has 7 heteroatoms. The average Bonchev–Trinajstić information content (AvgIpc) is 3.45. The van der Waals surface area contributed by atoms with Crippen LogP contribution < -0.4 is 0 Å². The third-order valence-electron chi connectivity index (χ3n) is 6.48. The molecule has 1 saturated heterocycles. The third-order valence-corrected chi connectivity index (χ3v) is 6.72. The molecular formula is C28H24ClN3O3. The van der Waals surface area contributed by atoms with Crippen molar-refractivity contribution in [2.24, 2.45) is 0 Å². The summed E-state index contributed by atoms with van der Waals surface area (Å²) in [6.07, 6.45) is 2.27. The topological polar surface area (TPSA) is 70.2 Å². The number of benzene rings is 3. The van der Waals surface area contributed by atoms with Gasteiger partial charge in [0.05, 0.1) is 11.0 Å². The number of Topliss-reactive ketones (excluding diaryl/α,β-unsaturated/α-hetero) is 1. The first-order chi connectivity index (χ1) is 17.0. The second kappa shape index (κ2) is 8.95. The zero-order valence-electron chi connectivity index (χ0n) is 19.3.